The minimum absolute atomic E-state index is 0.0470. The van der Waals surface area contributed by atoms with Crippen LogP contribution in [-0.4, -0.2) is 30.2 Å². The summed E-state index contributed by atoms with van der Waals surface area (Å²) in [6.45, 7) is 4.48. The Morgan fingerprint density at radius 2 is 1.94 bits per heavy atom. The molecular weight excluding hydrogens is 228 g/mol. The van der Waals surface area contributed by atoms with Crippen LogP contribution in [0.4, 0.5) is 0 Å². The van der Waals surface area contributed by atoms with Crippen LogP contribution in [0.25, 0.3) is 0 Å². The maximum Gasteiger partial charge on any atom is 0.251 e. The Morgan fingerprint density at radius 1 is 1.33 bits per heavy atom. The van der Waals surface area contributed by atoms with E-state index in [9.17, 15) is 9.90 Å². The van der Waals surface area contributed by atoms with Crippen LogP contribution in [0.3, 0.4) is 0 Å². The molecule has 1 rings (SSSR count). The summed E-state index contributed by atoms with van der Waals surface area (Å²) in [4.78, 5) is 11.9. The average Bonchev–Trinajstić information content (AvgIpc) is 2.36. The van der Waals surface area contributed by atoms with E-state index in [1.54, 1.807) is 12.1 Å². The molecule has 0 radical (unpaired) electrons. The second-order valence-corrected chi connectivity index (χ2v) is 4.74. The van der Waals surface area contributed by atoms with Crippen LogP contribution in [0.2, 0.25) is 0 Å². The maximum absolute atomic E-state index is 11.9. The minimum Gasteiger partial charge on any atom is -0.394 e. The van der Waals surface area contributed by atoms with E-state index in [0.29, 0.717) is 12.1 Å². The summed E-state index contributed by atoms with van der Waals surface area (Å²) in [5, 5.41) is 12.0. The SMILES string of the molecule is CC(C)C(CO)NC(=O)c1ccc(CCN)cc1. The molecule has 100 valence electrons. The van der Waals surface area contributed by atoms with Crippen LogP contribution >= 0.6 is 0 Å². The topological polar surface area (TPSA) is 75.3 Å². The van der Waals surface area contributed by atoms with Gasteiger partial charge in [-0.05, 0) is 36.6 Å². The van der Waals surface area contributed by atoms with E-state index in [1.165, 1.54) is 0 Å². The minimum atomic E-state index is -0.207. The van der Waals surface area contributed by atoms with Gasteiger partial charge in [0.2, 0.25) is 0 Å². The normalized spacial score (nSPS) is 12.5. The number of carbonyl (C=O) groups is 1. The van der Waals surface area contributed by atoms with E-state index in [0.717, 1.165) is 12.0 Å². The van der Waals surface area contributed by atoms with Crippen LogP contribution in [-0.2, 0) is 6.42 Å². The number of hydrogen-bond acceptors (Lipinski definition) is 3. The molecule has 4 heteroatoms. The molecule has 0 aromatic heterocycles. The van der Waals surface area contributed by atoms with Gasteiger partial charge in [-0.1, -0.05) is 26.0 Å². The van der Waals surface area contributed by atoms with Gasteiger partial charge in [-0.2, -0.15) is 0 Å². The first kappa shape index (κ1) is 14.7. The summed E-state index contributed by atoms with van der Waals surface area (Å²) in [6.07, 6.45) is 0.813. The Hall–Kier alpha value is -1.39. The molecule has 1 amide bonds. The van der Waals surface area contributed by atoms with Crippen molar-refractivity contribution in [1.29, 1.82) is 0 Å². The van der Waals surface area contributed by atoms with Gasteiger partial charge in [-0.25, -0.2) is 0 Å². The molecule has 0 aliphatic heterocycles. The molecule has 1 aromatic carbocycles. The van der Waals surface area contributed by atoms with Gasteiger partial charge >= 0.3 is 0 Å². The molecule has 0 aliphatic rings. The Morgan fingerprint density at radius 3 is 2.39 bits per heavy atom. The van der Waals surface area contributed by atoms with Gasteiger partial charge in [0.05, 0.1) is 12.6 Å². The summed E-state index contributed by atoms with van der Waals surface area (Å²) in [5.74, 6) is 0.0533. The molecule has 0 aliphatic carbocycles. The number of aliphatic hydroxyl groups excluding tert-OH is 1. The predicted molar refractivity (Wildman–Crippen MR) is 72.4 cm³/mol. The smallest absolute Gasteiger partial charge is 0.251 e. The lowest BCUT2D eigenvalue weighted by Gasteiger charge is -2.19. The van der Waals surface area contributed by atoms with Gasteiger partial charge in [-0.3, -0.25) is 4.79 Å². The molecule has 0 spiro atoms. The third-order valence-electron chi connectivity index (χ3n) is 2.97. The van der Waals surface area contributed by atoms with Gasteiger partial charge in [0.15, 0.2) is 0 Å². The molecule has 4 N–H and O–H groups in total. The highest BCUT2D eigenvalue weighted by Gasteiger charge is 2.15. The first-order valence-corrected chi connectivity index (χ1v) is 6.29. The lowest BCUT2D eigenvalue weighted by Crippen LogP contribution is -2.41. The van der Waals surface area contributed by atoms with Gasteiger partial charge in [-0.15, -0.1) is 0 Å². The van der Waals surface area contributed by atoms with E-state index in [2.05, 4.69) is 5.32 Å². The van der Waals surface area contributed by atoms with E-state index >= 15 is 0 Å². The molecule has 0 saturated carbocycles. The van der Waals surface area contributed by atoms with Crippen molar-refractivity contribution in [1.82, 2.24) is 5.32 Å². The lowest BCUT2D eigenvalue weighted by atomic mass is 10.0. The number of benzene rings is 1. The van der Waals surface area contributed by atoms with Crippen LogP contribution in [0.5, 0.6) is 0 Å². The molecule has 0 saturated heterocycles. The van der Waals surface area contributed by atoms with Crippen molar-refractivity contribution < 1.29 is 9.90 Å². The number of hydrogen-bond donors (Lipinski definition) is 3. The second kappa shape index (κ2) is 7.13. The van der Waals surface area contributed by atoms with Crippen molar-refractivity contribution >= 4 is 5.91 Å². The van der Waals surface area contributed by atoms with E-state index in [1.807, 2.05) is 26.0 Å². The first-order chi connectivity index (χ1) is 8.58. The number of nitrogens with one attached hydrogen (secondary N) is 1. The monoisotopic (exact) mass is 250 g/mol. The predicted octanol–water partition coefficient (Wildman–Crippen LogP) is 0.935. The zero-order chi connectivity index (χ0) is 13.5. The molecular formula is C14H22N2O2. The number of carbonyl (C=O) groups excluding carboxylic acids is 1. The van der Waals surface area contributed by atoms with Gasteiger partial charge in [0, 0.05) is 5.56 Å². The average molecular weight is 250 g/mol. The zero-order valence-corrected chi connectivity index (χ0v) is 11.0. The number of aliphatic hydroxyl groups is 1. The summed E-state index contributed by atoms with van der Waals surface area (Å²) in [7, 11) is 0. The van der Waals surface area contributed by atoms with Crippen molar-refractivity contribution in [2.75, 3.05) is 13.2 Å². The highest BCUT2D eigenvalue weighted by molar-refractivity contribution is 5.94. The number of nitrogens with two attached hydrogens (primary N) is 1. The van der Waals surface area contributed by atoms with Crippen molar-refractivity contribution in [3.63, 3.8) is 0 Å². The van der Waals surface area contributed by atoms with Crippen molar-refractivity contribution in [3.8, 4) is 0 Å². The molecule has 18 heavy (non-hydrogen) atoms. The number of rotatable bonds is 6. The Kier molecular flexibility index (Phi) is 5.82. The fraction of sp³-hybridized carbons (Fsp3) is 0.500. The molecule has 1 unspecified atom stereocenters. The standard InChI is InChI=1S/C14H22N2O2/c1-10(2)13(9-17)16-14(18)12-5-3-11(4-6-12)7-8-15/h3-6,10,13,17H,7-9,15H2,1-2H3,(H,16,18). The maximum atomic E-state index is 11.9. The van der Waals surface area contributed by atoms with Crippen molar-refractivity contribution in [3.05, 3.63) is 35.4 Å². The second-order valence-electron chi connectivity index (χ2n) is 4.74. The fourth-order valence-corrected chi connectivity index (χ4v) is 1.66. The van der Waals surface area contributed by atoms with Crippen LogP contribution in [0, 0.1) is 5.92 Å². The quantitative estimate of drug-likeness (QED) is 0.703. The summed E-state index contributed by atoms with van der Waals surface area (Å²) in [5.41, 5.74) is 7.20. The largest absolute Gasteiger partial charge is 0.394 e. The van der Waals surface area contributed by atoms with Crippen LogP contribution in [0.1, 0.15) is 29.8 Å². The summed E-state index contributed by atoms with van der Waals surface area (Å²) >= 11 is 0. The first-order valence-electron chi connectivity index (χ1n) is 6.29. The Labute approximate surface area is 108 Å². The van der Waals surface area contributed by atoms with Crippen molar-refractivity contribution in [2.24, 2.45) is 11.7 Å². The van der Waals surface area contributed by atoms with E-state index in [-0.39, 0.29) is 24.5 Å². The number of amides is 1. The summed E-state index contributed by atoms with van der Waals surface area (Å²) < 4.78 is 0. The highest BCUT2D eigenvalue weighted by atomic mass is 16.3. The lowest BCUT2D eigenvalue weighted by molar-refractivity contribution is 0.0897. The molecule has 0 bridgehead atoms. The van der Waals surface area contributed by atoms with E-state index < -0.39 is 0 Å². The molecule has 0 heterocycles. The van der Waals surface area contributed by atoms with Gasteiger partial charge < -0.3 is 16.2 Å². The molecule has 0 fully saturated rings. The molecule has 1 atom stereocenters. The Balaban J connectivity index is 2.66. The fourth-order valence-electron chi connectivity index (χ4n) is 1.66. The van der Waals surface area contributed by atoms with Crippen molar-refractivity contribution in [2.45, 2.75) is 26.3 Å². The van der Waals surface area contributed by atoms with E-state index in [4.69, 9.17) is 5.73 Å². The van der Waals surface area contributed by atoms with Crippen LogP contribution in [0.15, 0.2) is 24.3 Å². The summed E-state index contributed by atoms with van der Waals surface area (Å²) in [6, 6.07) is 7.18. The molecule has 4 nitrogen and oxygen atoms in total. The zero-order valence-electron chi connectivity index (χ0n) is 11.0. The third-order valence-corrected chi connectivity index (χ3v) is 2.97. The van der Waals surface area contributed by atoms with Gasteiger partial charge in [0.25, 0.3) is 5.91 Å². The van der Waals surface area contributed by atoms with Gasteiger partial charge in [0.1, 0.15) is 0 Å². The third kappa shape index (κ3) is 4.13. The van der Waals surface area contributed by atoms with Crippen LogP contribution < -0.4 is 11.1 Å². The molecule has 1 aromatic rings. The Bertz CT molecular complexity index is 374. The highest BCUT2D eigenvalue weighted by Crippen LogP contribution is 2.07.